The van der Waals surface area contributed by atoms with Crippen molar-refractivity contribution in [1.82, 2.24) is 9.97 Å². The molecule has 0 saturated carbocycles. The van der Waals surface area contributed by atoms with Gasteiger partial charge in [-0.15, -0.1) is 11.3 Å². The first-order chi connectivity index (χ1) is 18.7. The van der Waals surface area contributed by atoms with Crippen LogP contribution in [0.4, 0.5) is 10.8 Å². The molecule has 5 rings (SSSR count). The average Bonchev–Trinajstić information content (AvgIpc) is 3.50. The predicted molar refractivity (Wildman–Crippen MR) is 181 cm³/mol. The van der Waals surface area contributed by atoms with E-state index in [4.69, 9.17) is 18.0 Å². The van der Waals surface area contributed by atoms with E-state index in [2.05, 4.69) is 65.1 Å². The molecule has 5 aromatic rings. The van der Waals surface area contributed by atoms with Crippen molar-refractivity contribution in [3.63, 3.8) is 0 Å². The first-order valence-corrected chi connectivity index (χ1v) is 15.0. The van der Waals surface area contributed by atoms with E-state index in [1.807, 2.05) is 91.8 Å². The predicted octanol–water partition coefficient (Wildman–Crippen LogP) is 7.13. The molecule has 5 nitrogen and oxygen atoms in total. The van der Waals surface area contributed by atoms with E-state index >= 15 is 0 Å². The zero-order valence-electron chi connectivity index (χ0n) is 26.0. The summed E-state index contributed by atoms with van der Waals surface area (Å²) in [5.41, 5.74) is 17.7. The van der Waals surface area contributed by atoms with Crippen molar-refractivity contribution in [1.29, 1.82) is 0 Å². The Bertz CT molecular complexity index is 1260. The Balaban J connectivity index is -0.000000448. The normalized spacial score (nSPS) is 8.32. The van der Waals surface area contributed by atoms with E-state index in [1.54, 1.807) is 11.3 Å². The van der Waals surface area contributed by atoms with E-state index in [0.29, 0.717) is 5.13 Å². The van der Waals surface area contributed by atoms with Crippen LogP contribution in [-0.4, -0.2) is 9.97 Å². The fourth-order valence-corrected chi connectivity index (χ4v) is 4.52. The van der Waals surface area contributed by atoms with Crippen LogP contribution in [0.15, 0.2) is 60.7 Å². The number of benzene rings is 3. The summed E-state index contributed by atoms with van der Waals surface area (Å²) in [4.78, 5) is 8.52. The molecule has 9 heteroatoms. The Kier molecular flexibility index (Phi) is 28.2. The molecule has 40 heavy (non-hydrogen) atoms. The fraction of sp³-hybridized carbons (Fsp3) is 0.323. The smallest absolute Gasteiger partial charge is 0.422 e. The van der Waals surface area contributed by atoms with Crippen LogP contribution in [0.25, 0.3) is 24.7 Å². The third-order valence-corrected chi connectivity index (χ3v) is 6.07. The van der Waals surface area contributed by atoms with Gasteiger partial charge in [0.05, 0.1) is 25.4 Å². The van der Waals surface area contributed by atoms with Crippen molar-refractivity contribution in [3.8, 4) is 0 Å². The number of fused-ring (bicyclic) bond motifs is 2. The van der Waals surface area contributed by atoms with Crippen LogP contribution in [0.1, 0.15) is 63.2 Å². The number of nitrogen functional groups attached to an aromatic ring is 2. The Labute approximate surface area is 298 Å². The van der Waals surface area contributed by atoms with Gasteiger partial charge < -0.3 is 28.5 Å². The maximum absolute atomic E-state index is 5.65. The molecule has 2 heterocycles. The van der Waals surface area contributed by atoms with Gasteiger partial charge in [0.1, 0.15) is 0 Å². The van der Waals surface area contributed by atoms with Crippen molar-refractivity contribution in [3.05, 3.63) is 93.2 Å². The first-order valence-electron chi connectivity index (χ1n) is 13.0. The zero-order chi connectivity index (χ0) is 30.4. The minimum Gasteiger partial charge on any atom is -0.422 e. The minimum absolute atomic E-state index is 0. The molecule has 0 atom stereocenters. The summed E-state index contributed by atoms with van der Waals surface area (Å²) in [7, 11) is 0. The third-order valence-electron chi connectivity index (χ3n) is 4.29. The fourth-order valence-electron chi connectivity index (χ4n) is 2.76. The number of anilines is 2. The Hall–Kier alpha value is -1.61. The van der Waals surface area contributed by atoms with Gasteiger partial charge in [-0.25, -0.2) is 9.97 Å². The van der Waals surface area contributed by atoms with Crippen molar-refractivity contribution in [2.45, 2.75) is 69.2 Å². The van der Waals surface area contributed by atoms with Crippen molar-refractivity contribution < 1.29 is 51.4 Å². The van der Waals surface area contributed by atoms with Crippen LogP contribution >= 0.6 is 22.7 Å². The van der Waals surface area contributed by atoms with Crippen LogP contribution in [0, 0.1) is 34.3 Å². The topological polar surface area (TPSA) is 82.2 Å². The zero-order valence-corrected chi connectivity index (χ0v) is 31.6. The molecule has 0 amide bonds. The van der Waals surface area contributed by atoms with Gasteiger partial charge in [-0.05, 0) is 75.2 Å². The van der Waals surface area contributed by atoms with Gasteiger partial charge in [-0.2, -0.15) is 0 Å². The summed E-state index contributed by atoms with van der Waals surface area (Å²) in [5.74, 6) is 0. The Morgan fingerprint density at radius 1 is 0.650 bits per heavy atom. The van der Waals surface area contributed by atoms with Crippen LogP contribution < -0.4 is 62.9 Å². The molecule has 0 saturated heterocycles. The van der Waals surface area contributed by atoms with Gasteiger partial charge in [0.15, 0.2) is 5.13 Å². The summed E-state index contributed by atoms with van der Waals surface area (Å²) in [6, 6.07) is 20.3. The van der Waals surface area contributed by atoms with Gasteiger partial charge in [0.2, 0.25) is 0 Å². The summed E-state index contributed by atoms with van der Waals surface area (Å²) in [5, 5.41) is 1.79. The molecule has 4 N–H and O–H groups in total. The van der Waals surface area contributed by atoms with Gasteiger partial charge in [-0.3, -0.25) is 6.57 Å². The monoisotopic (exact) mass is 621 g/mol. The third kappa shape index (κ3) is 17.9. The quantitative estimate of drug-likeness (QED) is 0.0832. The number of nitrogens with two attached hydrogens (primary N) is 2. The molecule has 0 bridgehead atoms. The largest absolute Gasteiger partial charge is 1.00 e. The minimum atomic E-state index is 0. The van der Waals surface area contributed by atoms with E-state index in [1.165, 1.54) is 37.4 Å². The SMILES string of the molecule is CC.CC.CC.Cc1ccc(N)cc1.Cc1ccc2nc(C)sc2c1.Cc1ccc2nc(N)sc2c1.[C-]#[N+][S-].[K+]. The number of aryl methyl sites for hydroxylation is 4. The summed E-state index contributed by atoms with van der Waals surface area (Å²) < 4.78 is 4.80. The van der Waals surface area contributed by atoms with Gasteiger partial charge >= 0.3 is 51.4 Å². The van der Waals surface area contributed by atoms with Crippen LogP contribution in [0.2, 0.25) is 0 Å². The molecule has 2 aromatic heterocycles. The van der Waals surface area contributed by atoms with Crippen LogP contribution in [-0.2, 0) is 12.8 Å². The summed E-state index contributed by atoms with van der Waals surface area (Å²) in [6.07, 6.45) is 0. The molecule has 0 radical (unpaired) electrons. The van der Waals surface area contributed by atoms with E-state index < -0.39 is 0 Å². The van der Waals surface area contributed by atoms with Crippen molar-refractivity contribution in [2.75, 3.05) is 11.5 Å². The van der Waals surface area contributed by atoms with Gasteiger partial charge in [-0.1, -0.05) is 82.7 Å². The molecule has 0 aliphatic heterocycles. The van der Waals surface area contributed by atoms with Gasteiger partial charge in [0, 0.05) is 5.69 Å². The molecule has 0 unspecified atom stereocenters. The molecule has 0 aliphatic rings. The summed E-state index contributed by atoms with van der Waals surface area (Å²) in [6.45, 7) is 25.9. The Morgan fingerprint density at radius 2 is 1.02 bits per heavy atom. The standard InChI is InChI=1S/C9H9NS.C8H8N2S.C7H9N.3C2H6.CNS.K/c1-6-3-4-8-9(5-6)11-7(2)10-8;1-5-2-3-6-7(4-5)11-8(9)10-6;1-6-2-4-7(8)5-3-6;3*1-2;1-2-3;/h3-5H,1-2H3;2-4H,1H3,(H2,9,10);2-5H,8H2,1H3;3*1-2H3;;/q;;;;;;-1;+1. The number of hydrogen-bond acceptors (Lipinski definition) is 7. The van der Waals surface area contributed by atoms with Crippen LogP contribution in [0.5, 0.6) is 0 Å². The number of aromatic nitrogens is 2. The van der Waals surface area contributed by atoms with Gasteiger partial charge in [0.25, 0.3) is 0 Å². The molecule has 0 aliphatic carbocycles. The molecular weight excluding hydrogens is 578 g/mol. The number of nitrogens with zero attached hydrogens (tertiary/aromatic N) is 3. The second-order valence-corrected chi connectivity index (χ2v) is 9.71. The van der Waals surface area contributed by atoms with E-state index in [0.717, 1.165) is 21.7 Å². The average molecular weight is 622 g/mol. The molecule has 212 valence electrons. The van der Waals surface area contributed by atoms with E-state index in [-0.39, 0.29) is 51.4 Å². The van der Waals surface area contributed by atoms with Crippen molar-refractivity contribution >= 4 is 66.7 Å². The maximum Gasteiger partial charge on any atom is 1.00 e. The second-order valence-electron chi connectivity index (χ2n) is 7.23. The van der Waals surface area contributed by atoms with E-state index in [9.17, 15) is 0 Å². The van der Waals surface area contributed by atoms with Crippen LogP contribution in [0.3, 0.4) is 0 Å². The molecule has 0 spiro atoms. The Morgan fingerprint density at radius 3 is 1.45 bits per heavy atom. The molecule has 0 fully saturated rings. The molecular formula is C31H44KN5S3. The number of rotatable bonds is 0. The second kappa shape index (κ2) is 26.3. The number of thiazole rings is 2. The number of hydrogen-bond donors (Lipinski definition) is 2. The molecule has 3 aromatic carbocycles. The summed E-state index contributed by atoms with van der Waals surface area (Å²) >= 11 is 6.97. The maximum atomic E-state index is 5.65. The first kappa shape index (κ1) is 42.8. The van der Waals surface area contributed by atoms with Crippen molar-refractivity contribution in [2.24, 2.45) is 0 Å².